The highest BCUT2D eigenvalue weighted by Crippen LogP contribution is 2.20. The van der Waals surface area contributed by atoms with Crippen molar-refractivity contribution in [3.8, 4) is 11.5 Å². The number of carboxylic acids is 1. The summed E-state index contributed by atoms with van der Waals surface area (Å²) in [5.41, 5.74) is 7.39. The Bertz CT molecular complexity index is 1270. The number of aromatic hydroxyl groups is 2. The lowest BCUT2D eigenvalue weighted by molar-refractivity contribution is -0.140. The van der Waals surface area contributed by atoms with Crippen molar-refractivity contribution in [1.29, 1.82) is 0 Å². The van der Waals surface area contributed by atoms with Crippen LogP contribution in [0, 0.1) is 0 Å². The van der Waals surface area contributed by atoms with Gasteiger partial charge in [0.15, 0.2) is 0 Å². The van der Waals surface area contributed by atoms with Crippen LogP contribution in [0.3, 0.4) is 0 Å². The van der Waals surface area contributed by atoms with Gasteiger partial charge in [0.2, 0.25) is 23.6 Å². The standard InChI is InChI=1S/C28H35N5O9/c29-20(12-16-3-7-18(35)8-4-16)28(42)33-11-1-2-23(33)27(41)32-22(15-34)26(40)31-21(25(39)30-14-24(37)38)13-17-5-9-19(36)10-6-17/h3-10,20-23,34-36H,1-2,11-15,29H2,(H,30,39)(H,31,40)(H,32,41)(H,37,38)/t20-,21-,22-,23-/m0/s1. The molecule has 14 heteroatoms. The van der Waals surface area contributed by atoms with E-state index in [1.165, 1.54) is 41.3 Å². The molecule has 42 heavy (non-hydrogen) atoms. The molecule has 3 rings (SSSR count). The van der Waals surface area contributed by atoms with Crippen LogP contribution in [0.2, 0.25) is 0 Å². The molecule has 0 radical (unpaired) electrons. The minimum absolute atomic E-state index is 0.0153. The fourth-order valence-electron chi connectivity index (χ4n) is 4.59. The highest BCUT2D eigenvalue weighted by Gasteiger charge is 2.38. The van der Waals surface area contributed by atoms with Crippen LogP contribution < -0.4 is 21.7 Å². The van der Waals surface area contributed by atoms with Crippen molar-refractivity contribution in [2.24, 2.45) is 5.73 Å². The van der Waals surface area contributed by atoms with E-state index in [4.69, 9.17) is 10.8 Å². The van der Waals surface area contributed by atoms with Gasteiger partial charge in [0, 0.05) is 13.0 Å². The van der Waals surface area contributed by atoms with Crippen molar-refractivity contribution in [2.45, 2.75) is 49.9 Å². The van der Waals surface area contributed by atoms with E-state index in [1.807, 2.05) is 0 Å². The predicted molar refractivity (Wildman–Crippen MR) is 148 cm³/mol. The lowest BCUT2D eigenvalue weighted by Crippen LogP contribution is -2.58. The van der Waals surface area contributed by atoms with Crippen molar-refractivity contribution >= 4 is 29.6 Å². The summed E-state index contributed by atoms with van der Waals surface area (Å²) in [7, 11) is 0. The second kappa shape index (κ2) is 14.8. The normalized spacial score (nSPS) is 16.6. The van der Waals surface area contributed by atoms with E-state index >= 15 is 0 Å². The predicted octanol–water partition coefficient (Wildman–Crippen LogP) is -1.64. The molecule has 1 aliphatic rings. The van der Waals surface area contributed by atoms with Crippen LogP contribution in [0.1, 0.15) is 24.0 Å². The minimum Gasteiger partial charge on any atom is -0.508 e. The molecule has 2 aromatic rings. The summed E-state index contributed by atoms with van der Waals surface area (Å²) in [4.78, 5) is 64.2. The van der Waals surface area contributed by atoms with Crippen LogP contribution in [0.5, 0.6) is 11.5 Å². The highest BCUT2D eigenvalue weighted by atomic mass is 16.4. The number of phenols is 2. The number of aliphatic carboxylic acids is 1. The Morgan fingerprint density at radius 3 is 1.98 bits per heavy atom. The molecular formula is C28H35N5O9. The van der Waals surface area contributed by atoms with Crippen LogP contribution in [0.25, 0.3) is 0 Å². The van der Waals surface area contributed by atoms with E-state index in [9.17, 15) is 39.3 Å². The van der Waals surface area contributed by atoms with E-state index in [0.29, 0.717) is 18.4 Å². The average molecular weight is 586 g/mol. The summed E-state index contributed by atoms with van der Waals surface area (Å²) in [6.07, 6.45) is 0.930. The third kappa shape index (κ3) is 8.91. The first-order valence-electron chi connectivity index (χ1n) is 13.3. The summed E-state index contributed by atoms with van der Waals surface area (Å²) in [5.74, 6) is -4.09. The number of amides is 4. The average Bonchev–Trinajstić information content (AvgIpc) is 3.46. The Labute approximate surface area is 241 Å². The molecule has 0 unspecified atom stereocenters. The van der Waals surface area contributed by atoms with Crippen LogP contribution in [0.4, 0.5) is 0 Å². The monoisotopic (exact) mass is 585 g/mol. The molecule has 0 bridgehead atoms. The number of hydrogen-bond donors (Lipinski definition) is 8. The van der Waals surface area contributed by atoms with E-state index in [2.05, 4.69) is 16.0 Å². The maximum absolute atomic E-state index is 13.1. The van der Waals surface area contributed by atoms with Gasteiger partial charge < -0.3 is 47.0 Å². The minimum atomic E-state index is -1.48. The molecule has 2 aromatic carbocycles. The van der Waals surface area contributed by atoms with Crippen molar-refractivity contribution in [1.82, 2.24) is 20.9 Å². The van der Waals surface area contributed by atoms with Crippen molar-refractivity contribution in [3.05, 3.63) is 59.7 Å². The van der Waals surface area contributed by atoms with Gasteiger partial charge in [0.25, 0.3) is 0 Å². The van der Waals surface area contributed by atoms with Gasteiger partial charge in [0.05, 0.1) is 12.6 Å². The summed E-state index contributed by atoms with van der Waals surface area (Å²) in [6, 6.07) is 7.39. The molecule has 0 aliphatic carbocycles. The molecule has 1 saturated heterocycles. The molecule has 4 amide bonds. The number of nitrogens with two attached hydrogens (primary N) is 1. The number of benzene rings is 2. The Hall–Kier alpha value is -4.69. The smallest absolute Gasteiger partial charge is 0.322 e. The van der Waals surface area contributed by atoms with Crippen LogP contribution in [-0.2, 0) is 36.8 Å². The lowest BCUT2D eigenvalue weighted by atomic mass is 10.0. The number of carbonyl (C=O) groups is 5. The van der Waals surface area contributed by atoms with E-state index in [0.717, 1.165) is 5.56 Å². The summed E-state index contributed by atoms with van der Waals surface area (Å²) in [5, 5.41) is 44.8. The number of nitrogens with zero attached hydrogens (tertiary/aromatic N) is 1. The molecule has 4 atom stereocenters. The zero-order valence-corrected chi connectivity index (χ0v) is 22.7. The number of aliphatic hydroxyl groups is 1. The first-order valence-corrected chi connectivity index (χ1v) is 13.3. The first-order chi connectivity index (χ1) is 20.0. The largest absolute Gasteiger partial charge is 0.508 e. The topological polar surface area (TPSA) is 232 Å². The van der Waals surface area contributed by atoms with Gasteiger partial charge >= 0.3 is 5.97 Å². The number of likely N-dealkylation sites (tertiary alicyclic amines) is 1. The third-order valence-corrected chi connectivity index (χ3v) is 6.79. The molecule has 0 spiro atoms. The number of aliphatic hydroxyl groups excluding tert-OH is 1. The molecule has 9 N–H and O–H groups in total. The second-order valence-corrected chi connectivity index (χ2v) is 9.95. The molecule has 1 fully saturated rings. The maximum atomic E-state index is 13.1. The lowest BCUT2D eigenvalue weighted by Gasteiger charge is -2.28. The van der Waals surface area contributed by atoms with E-state index < -0.39 is 66.9 Å². The number of nitrogens with one attached hydrogen (secondary N) is 3. The van der Waals surface area contributed by atoms with Gasteiger partial charge in [-0.2, -0.15) is 0 Å². The quantitative estimate of drug-likeness (QED) is 0.134. The Morgan fingerprint density at radius 1 is 0.857 bits per heavy atom. The van der Waals surface area contributed by atoms with Crippen LogP contribution in [0.15, 0.2) is 48.5 Å². The van der Waals surface area contributed by atoms with Crippen molar-refractivity contribution in [3.63, 3.8) is 0 Å². The third-order valence-electron chi connectivity index (χ3n) is 6.79. The molecule has 1 heterocycles. The number of carbonyl (C=O) groups excluding carboxylic acids is 4. The van der Waals surface area contributed by atoms with Crippen LogP contribution >= 0.6 is 0 Å². The van der Waals surface area contributed by atoms with Crippen molar-refractivity contribution < 1.29 is 44.4 Å². The van der Waals surface area contributed by atoms with Crippen molar-refractivity contribution in [2.75, 3.05) is 19.7 Å². The number of rotatable bonds is 13. The highest BCUT2D eigenvalue weighted by molar-refractivity contribution is 5.95. The van der Waals surface area contributed by atoms with E-state index in [-0.39, 0.29) is 30.9 Å². The van der Waals surface area contributed by atoms with Gasteiger partial charge in [-0.1, -0.05) is 24.3 Å². The van der Waals surface area contributed by atoms with Crippen LogP contribution in [-0.4, -0.2) is 98.8 Å². The fourth-order valence-corrected chi connectivity index (χ4v) is 4.59. The van der Waals surface area contributed by atoms with Gasteiger partial charge in [-0.25, -0.2) is 0 Å². The Morgan fingerprint density at radius 2 is 1.43 bits per heavy atom. The molecular weight excluding hydrogens is 550 g/mol. The molecule has 14 nitrogen and oxygen atoms in total. The fraction of sp³-hybridized carbons (Fsp3) is 0.393. The molecule has 226 valence electrons. The first kappa shape index (κ1) is 31.8. The number of phenolic OH excluding ortho intramolecular Hbond substituents is 2. The summed E-state index contributed by atoms with van der Waals surface area (Å²) in [6.45, 7) is -1.24. The van der Waals surface area contributed by atoms with Gasteiger partial charge in [-0.3, -0.25) is 24.0 Å². The zero-order chi connectivity index (χ0) is 30.8. The second-order valence-electron chi connectivity index (χ2n) is 9.95. The maximum Gasteiger partial charge on any atom is 0.322 e. The summed E-state index contributed by atoms with van der Waals surface area (Å²) >= 11 is 0. The number of carboxylic acid groups (broad SMARTS) is 1. The van der Waals surface area contributed by atoms with E-state index in [1.54, 1.807) is 12.1 Å². The molecule has 0 saturated carbocycles. The van der Waals surface area contributed by atoms with Gasteiger partial charge in [-0.15, -0.1) is 0 Å². The van der Waals surface area contributed by atoms with Gasteiger partial charge in [0.1, 0.15) is 36.2 Å². The van der Waals surface area contributed by atoms with Gasteiger partial charge in [-0.05, 0) is 54.7 Å². The summed E-state index contributed by atoms with van der Waals surface area (Å²) < 4.78 is 0. The number of hydrogen-bond acceptors (Lipinski definition) is 9. The molecule has 0 aromatic heterocycles. The molecule has 1 aliphatic heterocycles. The Kier molecular flexibility index (Phi) is 11.2. The zero-order valence-electron chi connectivity index (χ0n) is 22.7. The SMILES string of the molecule is N[C@@H](Cc1ccc(O)cc1)C(=O)N1CCC[C@H]1C(=O)N[C@@H](CO)C(=O)N[C@@H](Cc1ccc(O)cc1)C(=O)NCC(=O)O. The Balaban J connectivity index is 1.65.